The van der Waals surface area contributed by atoms with Gasteiger partial charge in [-0.15, -0.1) is 0 Å². The van der Waals surface area contributed by atoms with Gasteiger partial charge >= 0.3 is 5.97 Å². The van der Waals surface area contributed by atoms with E-state index < -0.39 is 5.97 Å². The fourth-order valence-electron chi connectivity index (χ4n) is 2.48. The molecule has 1 heterocycles. The highest BCUT2D eigenvalue weighted by molar-refractivity contribution is 9.10. The number of aromatic nitrogens is 1. The van der Waals surface area contributed by atoms with Crippen LogP contribution < -0.4 is 5.32 Å². The third-order valence-electron chi connectivity index (χ3n) is 3.70. The van der Waals surface area contributed by atoms with Gasteiger partial charge in [0.2, 0.25) is 0 Å². The number of nitrogens with zero attached hydrogens (tertiary/aromatic N) is 1. The lowest BCUT2D eigenvalue weighted by Gasteiger charge is -2.26. The standard InChI is InChI=1S/C14H17BrN2O3/c15-12-3-1-2-11(17-12)13(18)16-8-9-4-6-10(7-5-9)14(19)20/h1-3,9-10H,4-8H2,(H,16,18)(H,19,20). The minimum absolute atomic E-state index is 0.188. The summed E-state index contributed by atoms with van der Waals surface area (Å²) >= 11 is 3.23. The molecule has 2 rings (SSSR count). The van der Waals surface area contributed by atoms with Crippen LogP contribution in [-0.4, -0.2) is 28.5 Å². The Morgan fingerprint density at radius 2 is 2.00 bits per heavy atom. The highest BCUT2D eigenvalue weighted by atomic mass is 79.9. The molecule has 1 aliphatic rings. The van der Waals surface area contributed by atoms with Crippen molar-refractivity contribution in [3.63, 3.8) is 0 Å². The SMILES string of the molecule is O=C(NCC1CCC(C(=O)O)CC1)c1cccc(Br)n1. The summed E-state index contributed by atoms with van der Waals surface area (Å²) in [6, 6.07) is 5.20. The molecule has 1 aliphatic carbocycles. The number of carbonyl (C=O) groups is 2. The van der Waals surface area contributed by atoms with E-state index in [1.807, 2.05) is 0 Å². The molecule has 108 valence electrons. The Labute approximate surface area is 125 Å². The third-order valence-corrected chi connectivity index (χ3v) is 4.14. The molecule has 0 bridgehead atoms. The van der Waals surface area contributed by atoms with Crippen molar-refractivity contribution in [2.75, 3.05) is 6.54 Å². The second-order valence-electron chi connectivity index (χ2n) is 5.11. The normalized spacial score (nSPS) is 22.2. The van der Waals surface area contributed by atoms with E-state index in [1.165, 1.54) is 0 Å². The molecular formula is C14H17BrN2O3. The largest absolute Gasteiger partial charge is 0.481 e. The van der Waals surface area contributed by atoms with Gasteiger partial charge in [0.05, 0.1) is 5.92 Å². The number of carboxylic acid groups (broad SMARTS) is 1. The van der Waals surface area contributed by atoms with Crippen LogP contribution in [0.5, 0.6) is 0 Å². The van der Waals surface area contributed by atoms with E-state index in [2.05, 4.69) is 26.2 Å². The molecule has 1 amide bonds. The van der Waals surface area contributed by atoms with Gasteiger partial charge in [-0.05, 0) is 59.7 Å². The monoisotopic (exact) mass is 340 g/mol. The zero-order valence-electron chi connectivity index (χ0n) is 11.0. The van der Waals surface area contributed by atoms with Crippen LogP contribution in [0.3, 0.4) is 0 Å². The van der Waals surface area contributed by atoms with Crippen LogP contribution in [-0.2, 0) is 4.79 Å². The Morgan fingerprint density at radius 1 is 1.30 bits per heavy atom. The van der Waals surface area contributed by atoms with Gasteiger partial charge in [0.25, 0.3) is 5.91 Å². The average molecular weight is 341 g/mol. The summed E-state index contributed by atoms with van der Waals surface area (Å²) in [7, 11) is 0. The molecule has 0 radical (unpaired) electrons. The Balaban J connectivity index is 1.79. The van der Waals surface area contributed by atoms with Crippen molar-refractivity contribution >= 4 is 27.8 Å². The van der Waals surface area contributed by atoms with E-state index in [-0.39, 0.29) is 11.8 Å². The Kier molecular flexibility index (Phi) is 5.11. The van der Waals surface area contributed by atoms with Crippen LogP contribution in [0.25, 0.3) is 0 Å². The average Bonchev–Trinajstić information content (AvgIpc) is 2.45. The molecule has 0 aromatic carbocycles. The summed E-state index contributed by atoms with van der Waals surface area (Å²) in [6.45, 7) is 0.583. The van der Waals surface area contributed by atoms with Crippen molar-refractivity contribution in [3.05, 3.63) is 28.5 Å². The first-order chi connectivity index (χ1) is 9.56. The van der Waals surface area contributed by atoms with E-state index in [0.717, 1.165) is 12.8 Å². The maximum atomic E-state index is 11.9. The molecule has 20 heavy (non-hydrogen) atoms. The van der Waals surface area contributed by atoms with E-state index >= 15 is 0 Å². The highest BCUT2D eigenvalue weighted by Gasteiger charge is 2.26. The van der Waals surface area contributed by atoms with Crippen LogP contribution in [0, 0.1) is 11.8 Å². The molecule has 1 saturated carbocycles. The summed E-state index contributed by atoms with van der Waals surface area (Å²) in [5.74, 6) is -0.743. The molecule has 0 saturated heterocycles. The zero-order valence-corrected chi connectivity index (χ0v) is 12.6. The summed E-state index contributed by atoms with van der Waals surface area (Å²) in [4.78, 5) is 26.9. The van der Waals surface area contributed by atoms with Gasteiger partial charge in [-0.1, -0.05) is 6.07 Å². The molecule has 1 aromatic rings. The minimum Gasteiger partial charge on any atom is -0.481 e. The van der Waals surface area contributed by atoms with Crippen molar-refractivity contribution in [2.45, 2.75) is 25.7 Å². The Morgan fingerprint density at radius 3 is 2.60 bits per heavy atom. The van der Waals surface area contributed by atoms with Crippen LogP contribution in [0.2, 0.25) is 0 Å². The van der Waals surface area contributed by atoms with Gasteiger partial charge in [0.1, 0.15) is 10.3 Å². The number of aliphatic carboxylic acids is 1. The number of carboxylic acids is 1. The molecule has 5 nitrogen and oxygen atoms in total. The maximum absolute atomic E-state index is 11.9. The van der Waals surface area contributed by atoms with Gasteiger partial charge in [0.15, 0.2) is 0 Å². The van der Waals surface area contributed by atoms with Crippen molar-refractivity contribution in [3.8, 4) is 0 Å². The fourth-order valence-corrected chi connectivity index (χ4v) is 2.82. The number of hydrogen-bond donors (Lipinski definition) is 2. The summed E-state index contributed by atoms with van der Waals surface area (Å²) in [6.07, 6.45) is 3.10. The lowest BCUT2D eigenvalue weighted by Crippen LogP contribution is -2.32. The number of halogens is 1. The Bertz CT molecular complexity index is 499. The Hall–Kier alpha value is -1.43. The lowest BCUT2D eigenvalue weighted by molar-refractivity contribution is -0.143. The lowest BCUT2D eigenvalue weighted by atomic mass is 9.82. The molecule has 2 N–H and O–H groups in total. The van der Waals surface area contributed by atoms with Gasteiger partial charge < -0.3 is 10.4 Å². The van der Waals surface area contributed by atoms with Crippen molar-refractivity contribution < 1.29 is 14.7 Å². The molecule has 0 unspecified atom stereocenters. The van der Waals surface area contributed by atoms with E-state index in [9.17, 15) is 9.59 Å². The number of nitrogens with one attached hydrogen (secondary N) is 1. The van der Waals surface area contributed by atoms with E-state index in [0.29, 0.717) is 35.6 Å². The van der Waals surface area contributed by atoms with Crippen LogP contribution in [0.4, 0.5) is 0 Å². The molecule has 1 aromatic heterocycles. The molecule has 0 aliphatic heterocycles. The van der Waals surface area contributed by atoms with Crippen LogP contribution >= 0.6 is 15.9 Å². The summed E-state index contributed by atoms with van der Waals surface area (Å²) in [5, 5.41) is 11.8. The second kappa shape index (κ2) is 6.83. The number of rotatable bonds is 4. The number of amides is 1. The first kappa shape index (κ1) is 15.0. The molecule has 0 atom stereocenters. The zero-order chi connectivity index (χ0) is 14.5. The van der Waals surface area contributed by atoms with Crippen LogP contribution in [0.15, 0.2) is 22.8 Å². The van der Waals surface area contributed by atoms with E-state index in [4.69, 9.17) is 5.11 Å². The molecule has 1 fully saturated rings. The highest BCUT2D eigenvalue weighted by Crippen LogP contribution is 2.28. The van der Waals surface area contributed by atoms with Gasteiger partial charge in [-0.25, -0.2) is 4.98 Å². The molecule has 6 heteroatoms. The molecule has 0 spiro atoms. The number of carbonyl (C=O) groups excluding carboxylic acids is 1. The van der Waals surface area contributed by atoms with Crippen molar-refractivity contribution in [1.82, 2.24) is 10.3 Å². The molecular weight excluding hydrogens is 324 g/mol. The summed E-state index contributed by atoms with van der Waals surface area (Å²) in [5.41, 5.74) is 0.388. The predicted molar refractivity (Wildman–Crippen MR) is 77.4 cm³/mol. The van der Waals surface area contributed by atoms with Gasteiger partial charge in [-0.3, -0.25) is 9.59 Å². The predicted octanol–water partition coefficient (Wildman–Crippen LogP) is 2.46. The fraction of sp³-hybridized carbons (Fsp3) is 0.500. The first-order valence-corrected chi connectivity index (χ1v) is 7.49. The van der Waals surface area contributed by atoms with Crippen LogP contribution in [0.1, 0.15) is 36.2 Å². The number of pyridine rings is 1. The smallest absolute Gasteiger partial charge is 0.306 e. The third kappa shape index (κ3) is 4.03. The van der Waals surface area contributed by atoms with Crippen molar-refractivity contribution in [2.24, 2.45) is 11.8 Å². The topological polar surface area (TPSA) is 79.3 Å². The minimum atomic E-state index is -0.703. The van der Waals surface area contributed by atoms with Crippen molar-refractivity contribution in [1.29, 1.82) is 0 Å². The second-order valence-corrected chi connectivity index (χ2v) is 5.92. The van der Waals surface area contributed by atoms with Gasteiger partial charge in [0, 0.05) is 6.54 Å². The summed E-state index contributed by atoms with van der Waals surface area (Å²) < 4.78 is 0.632. The quantitative estimate of drug-likeness (QED) is 0.825. The number of hydrogen-bond acceptors (Lipinski definition) is 3. The van der Waals surface area contributed by atoms with E-state index in [1.54, 1.807) is 18.2 Å². The maximum Gasteiger partial charge on any atom is 0.306 e. The van der Waals surface area contributed by atoms with Gasteiger partial charge in [-0.2, -0.15) is 0 Å². The first-order valence-electron chi connectivity index (χ1n) is 6.70.